The van der Waals surface area contributed by atoms with E-state index >= 15 is 0 Å². The van der Waals surface area contributed by atoms with Gasteiger partial charge in [0, 0.05) is 36.5 Å². The summed E-state index contributed by atoms with van der Waals surface area (Å²) >= 11 is 0. The average Bonchev–Trinajstić information content (AvgIpc) is 3.02. The lowest BCUT2D eigenvalue weighted by molar-refractivity contribution is 0.489. The van der Waals surface area contributed by atoms with Gasteiger partial charge in [0.1, 0.15) is 5.82 Å². The molecule has 1 aliphatic rings. The molecule has 1 aliphatic heterocycles. The highest BCUT2D eigenvalue weighted by Gasteiger charge is 2.23. The van der Waals surface area contributed by atoms with Crippen molar-refractivity contribution in [2.75, 3.05) is 13.1 Å². The lowest BCUT2D eigenvalue weighted by Gasteiger charge is -2.13. The second-order valence-electron chi connectivity index (χ2n) is 4.60. The van der Waals surface area contributed by atoms with Gasteiger partial charge in [0.2, 0.25) is 0 Å². The Morgan fingerprint density at radius 3 is 2.84 bits per heavy atom. The second kappa shape index (κ2) is 4.70. The summed E-state index contributed by atoms with van der Waals surface area (Å²) in [5.74, 6) is -2.89. The van der Waals surface area contributed by atoms with Crippen molar-refractivity contribution in [1.82, 2.24) is 14.9 Å². The zero-order valence-corrected chi connectivity index (χ0v) is 10.0. The van der Waals surface area contributed by atoms with Gasteiger partial charge in [-0.1, -0.05) is 0 Å². The van der Waals surface area contributed by atoms with Crippen LogP contribution < -0.4 is 5.32 Å². The zero-order chi connectivity index (χ0) is 13.4. The molecule has 2 aromatic rings. The highest BCUT2D eigenvalue weighted by molar-refractivity contribution is 5.37. The van der Waals surface area contributed by atoms with E-state index in [2.05, 4.69) is 10.3 Å². The third-order valence-corrected chi connectivity index (χ3v) is 3.38. The van der Waals surface area contributed by atoms with E-state index in [1.807, 2.05) is 0 Å². The fourth-order valence-electron chi connectivity index (χ4n) is 2.43. The summed E-state index contributed by atoms with van der Waals surface area (Å²) in [4.78, 5) is 3.97. The van der Waals surface area contributed by atoms with Crippen LogP contribution in [-0.2, 0) is 0 Å². The average molecular weight is 267 g/mol. The van der Waals surface area contributed by atoms with Crippen LogP contribution in [0.25, 0.3) is 5.69 Å². The number of halogens is 3. The quantitative estimate of drug-likeness (QED) is 0.847. The van der Waals surface area contributed by atoms with E-state index in [0.29, 0.717) is 6.07 Å². The second-order valence-corrected chi connectivity index (χ2v) is 4.60. The highest BCUT2D eigenvalue weighted by Crippen LogP contribution is 2.27. The largest absolute Gasteiger partial charge is 0.316 e. The van der Waals surface area contributed by atoms with Crippen molar-refractivity contribution in [1.29, 1.82) is 0 Å². The standard InChI is InChI=1S/C13H12F3N3/c14-9-3-10(15)13(16)11(4-9)19-7-18-6-12(19)8-1-2-17-5-8/h3-4,6-8,17H,1-2,5H2. The van der Waals surface area contributed by atoms with Crippen LogP contribution in [-0.4, -0.2) is 22.6 Å². The first-order valence-corrected chi connectivity index (χ1v) is 6.04. The number of imidazole rings is 1. The Kier molecular flexibility index (Phi) is 3.02. The van der Waals surface area contributed by atoms with E-state index in [4.69, 9.17) is 0 Å². The molecule has 1 aromatic carbocycles. The van der Waals surface area contributed by atoms with Gasteiger partial charge in [0.05, 0.1) is 12.0 Å². The van der Waals surface area contributed by atoms with Gasteiger partial charge in [-0.15, -0.1) is 0 Å². The summed E-state index contributed by atoms with van der Waals surface area (Å²) in [6, 6.07) is 1.51. The molecule has 1 fully saturated rings. The maximum absolute atomic E-state index is 13.8. The van der Waals surface area contributed by atoms with Crippen LogP contribution in [0.3, 0.4) is 0 Å². The van der Waals surface area contributed by atoms with E-state index in [0.717, 1.165) is 31.3 Å². The third-order valence-electron chi connectivity index (χ3n) is 3.38. The molecule has 3 nitrogen and oxygen atoms in total. The van der Waals surface area contributed by atoms with Crippen LogP contribution >= 0.6 is 0 Å². The Morgan fingerprint density at radius 1 is 1.26 bits per heavy atom. The number of hydrogen-bond acceptors (Lipinski definition) is 2. The van der Waals surface area contributed by atoms with Crippen molar-refractivity contribution in [2.24, 2.45) is 0 Å². The molecule has 3 rings (SSSR count). The Balaban J connectivity index is 2.10. The molecule has 1 unspecified atom stereocenters. The number of benzene rings is 1. The van der Waals surface area contributed by atoms with E-state index in [-0.39, 0.29) is 11.6 Å². The lowest BCUT2D eigenvalue weighted by atomic mass is 10.1. The maximum atomic E-state index is 13.8. The topological polar surface area (TPSA) is 29.9 Å². The maximum Gasteiger partial charge on any atom is 0.183 e. The van der Waals surface area contributed by atoms with Crippen molar-refractivity contribution in [3.8, 4) is 5.69 Å². The molecule has 2 heterocycles. The van der Waals surface area contributed by atoms with E-state index in [1.165, 1.54) is 10.9 Å². The summed E-state index contributed by atoms with van der Waals surface area (Å²) in [6.45, 7) is 1.63. The van der Waals surface area contributed by atoms with E-state index in [9.17, 15) is 13.2 Å². The molecule has 0 bridgehead atoms. The predicted octanol–water partition coefficient (Wildman–Crippen LogP) is 2.37. The molecule has 0 radical (unpaired) electrons. The summed E-state index contributed by atoms with van der Waals surface area (Å²) in [5, 5.41) is 3.19. The molecule has 1 aromatic heterocycles. The van der Waals surface area contributed by atoms with Gasteiger partial charge in [-0.2, -0.15) is 0 Å². The van der Waals surface area contributed by atoms with Gasteiger partial charge in [0.25, 0.3) is 0 Å². The number of nitrogens with one attached hydrogen (secondary N) is 1. The normalized spacial score (nSPS) is 19.0. The predicted molar refractivity (Wildman–Crippen MR) is 63.7 cm³/mol. The lowest BCUT2D eigenvalue weighted by Crippen LogP contribution is -2.12. The van der Waals surface area contributed by atoms with Crippen molar-refractivity contribution < 1.29 is 13.2 Å². The van der Waals surface area contributed by atoms with Gasteiger partial charge in [0.15, 0.2) is 11.6 Å². The Hall–Kier alpha value is -1.82. The molecule has 0 saturated carbocycles. The fraction of sp³-hybridized carbons (Fsp3) is 0.308. The van der Waals surface area contributed by atoms with E-state index < -0.39 is 17.5 Å². The monoisotopic (exact) mass is 267 g/mol. The molecular formula is C13H12F3N3. The van der Waals surface area contributed by atoms with Gasteiger partial charge in [-0.05, 0) is 13.0 Å². The smallest absolute Gasteiger partial charge is 0.183 e. The van der Waals surface area contributed by atoms with Gasteiger partial charge < -0.3 is 5.32 Å². The van der Waals surface area contributed by atoms with Crippen LogP contribution in [0.2, 0.25) is 0 Å². The molecule has 6 heteroatoms. The van der Waals surface area contributed by atoms with Crippen LogP contribution in [0, 0.1) is 17.5 Å². The highest BCUT2D eigenvalue weighted by atomic mass is 19.2. The van der Waals surface area contributed by atoms with Crippen LogP contribution in [0.15, 0.2) is 24.7 Å². The molecule has 0 amide bonds. The van der Waals surface area contributed by atoms with Crippen LogP contribution in [0.4, 0.5) is 13.2 Å². The summed E-state index contributed by atoms with van der Waals surface area (Å²) in [6.07, 6.45) is 3.88. The molecular weight excluding hydrogens is 255 g/mol. The number of nitrogens with zero attached hydrogens (tertiary/aromatic N) is 2. The molecule has 1 saturated heterocycles. The van der Waals surface area contributed by atoms with Gasteiger partial charge in [-0.3, -0.25) is 4.57 Å². The zero-order valence-electron chi connectivity index (χ0n) is 10.0. The van der Waals surface area contributed by atoms with E-state index in [1.54, 1.807) is 6.20 Å². The number of hydrogen-bond donors (Lipinski definition) is 1. The fourth-order valence-corrected chi connectivity index (χ4v) is 2.43. The van der Waals surface area contributed by atoms with Crippen molar-refractivity contribution in [2.45, 2.75) is 12.3 Å². The molecule has 100 valence electrons. The van der Waals surface area contributed by atoms with Gasteiger partial charge in [-0.25, -0.2) is 18.2 Å². The minimum absolute atomic E-state index is 0.142. The van der Waals surface area contributed by atoms with Crippen LogP contribution in [0.5, 0.6) is 0 Å². The number of rotatable bonds is 2. The Bertz CT molecular complexity index is 603. The molecule has 1 N–H and O–H groups in total. The van der Waals surface area contributed by atoms with Crippen molar-refractivity contribution in [3.05, 3.63) is 47.8 Å². The Morgan fingerprint density at radius 2 is 2.11 bits per heavy atom. The number of aromatic nitrogens is 2. The molecule has 0 aliphatic carbocycles. The first kappa shape index (κ1) is 12.2. The third kappa shape index (κ3) is 2.12. The summed E-state index contributed by atoms with van der Waals surface area (Å²) < 4.78 is 41.8. The van der Waals surface area contributed by atoms with Crippen LogP contribution in [0.1, 0.15) is 18.0 Å². The Labute approximate surface area is 108 Å². The molecule has 1 atom stereocenters. The van der Waals surface area contributed by atoms with Crippen molar-refractivity contribution >= 4 is 0 Å². The van der Waals surface area contributed by atoms with Gasteiger partial charge >= 0.3 is 0 Å². The first-order valence-electron chi connectivity index (χ1n) is 6.04. The SMILES string of the molecule is Fc1cc(F)c(F)c(-n2cncc2C2CCNC2)c1. The minimum atomic E-state index is -1.20. The van der Waals surface area contributed by atoms with Crippen molar-refractivity contribution in [3.63, 3.8) is 0 Å². The summed E-state index contributed by atoms with van der Waals surface area (Å²) in [7, 11) is 0. The minimum Gasteiger partial charge on any atom is -0.316 e. The molecule has 19 heavy (non-hydrogen) atoms. The summed E-state index contributed by atoms with van der Waals surface area (Å²) in [5.41, 5.74) is 0.616. The first-order chi connectivity index (χ1) is 9.16. The molecule has 0 spiro atoms.